The predicted octanol–water partition coefficient (Wildman–Crippen LogP) is 3.28. The van der Waals surface area contributed by atoms with Gasteiger partial charge in [-0.1, -0.05) is 32.0 Å². The third kappa shape index (κ3) is 4.24. The Morgan fingerprint density at radius 2 is 1.85 bits per heavy atom. The number of carbonyl (C=O) groups is 1. The van der Waals surface area contributed by atoms with Gasteiger partial charge in [-0.25, -0.2) is 8.42 Å². The van der Waals surface area contributed by atoms with Crippen LogP contribution in [0.4, 0.5) is 11.4 Å². The molecule has 1 heterocycles. The van der Waals surface area contributed by atoms with Crippen molar-refractivity contribution in [1.82, 2.24) is 0 Å². The fourth-order valence-electron chi connectivity index (χ4n) is 2.99. The molecule has 2 aromatic rings. The summed E-state index contributed by atoms with van der Waals surface area (Å²) >= 11 is 0. The minimum Gasteiger partial charge on any atom is -0.476 e. The van der Waals surface area contributed by atoms with Gasteiger partial charge in [-0.15, -0.1) is 0 Å². The van der Waals surface area contributed by atoms with Gasteiger partial charge in [-0.3, -0.25) is 9.10 Å². The summed E-state index contributed by atoms with van der Waals surface area (Å²) in [6, 6.07) is 12.9. The number of rotatable bonds is 4. The molecule has 144 valence electrons. The van der Waals surface area contributed by atoms with E-state index in [2.05, 4.69) is 19.2 Å². The summed E-state index contributed by atoms with van der Waals surface area (Å²) in [7, 11) is -3.54. The largest absolute Gasteiger partial charge is 0.476 e. The Kier molecular flexibility index (Phi) is 5.15. The third-order valence-corrected chi connectivity index (χ3v) is 5.67. The molecule has 1 N–H and O–H groups in total. The zero-order valence-electron chi connectivity index (χ0n) is 15.9. The molecule has 0 fully saturated rings. The monoisotopic (exact) mass is 388 g/mol. The van der Waals surface area contributed by atoms with E-state index in [0.717, 1.165) is 11.8 Å². The molecule has 0 spiro atoms. The van der Waals surface area contributed by atoms with E-state index in [1.54, 1.807) is 12.1 Å². The predicted molar refractivity (Wildman–Crippen MR) is 107 cm³/mol. The highest BCUT2D eigenvalue weighted by Gasteiger charge is 2.35. The van der Waals surface area contributed by atoms with E-state index in [1.165, 1.54) is 9.87 Å². The molecule has 2 aromatic carbocycles. The molecule has 0 aliphatic carbocycles. The number of fused-ring (bicyclic) bond motifs is 1. The van der Waals surface area contributed by atoms with Gasteiger partial charge in [0.2, 0.25) is 10.0 Å². The second kappa shape index (κ2) is 7.23. The van der Waals surface area contributed by atoms with Crippen LogP contribution in [0, 0.1) is 6.92 Å². The second-order valence-corrected chi connectivity index (χ2v) is 9.04. The van der Waals surface area contributed by atoms with E-state index in [1.807, 2.05) is 37.3 Å². The van der Waals surface area contributed by atoms with E-state index in [4.69, 9.17) is 4.74 Å². The van der Waals surface area contributed by atoms with Crippen molar-refractivity contribution in [3.8, 4) is 5.75 Å². The van der Waals surface area contributed by atoms with Crippen LogP contribution < -0.4 is 14.4 Å². The number of benzene rings is 2. The summed E-state index contributed by atoms with van der Waals surface area (Å²) in [6.07, 6.45) is 0.198. The molecule has 3 rings (SSSR count). The summed E-state index contributed by atoms with van der Waals surface area (Å²) in [5, 5.41) is 2.81. The minimum absolute atomic E-state index is 0.0643. The van der Waals surface area contributed by atoms with Gasteiger partial charge in [0.25, 0.3) is 5.91 Å². The highest BCUT2D eigenvalue weighted by atomic mass is 32.2. The summed E-state index contributed by atoms with van der Waals surface area (Å²) in [5.41, 5.74) is 3.20. The maximum atomic E-state index is 12.7. The number of ether oxygens (including phenoxy) is 1. The lowest BCUT2D eigenvalue weighted by atomic mass is 10.0. The van der Waals surface area contributed by atoms with E-state index >= 15 is 0 Å². The average Bonchev–Trinajstić information content (AvgIpc) is 2.60. The molecule has 0 unspecified atom stereocenters. The Balaban J connectivity index is 1.82. The van der Waals surface area contributed by atoms with Crippen LogP contribution in [0.25, 0.3) is 0 Å². The molecule has 0 radical (unpaired) electrons. The maximum absolute atomic E-state index is 12.7. The van der Waals surface area contributed by atoms with E-state index in [0.29, 0.717) is 23.0 Å². The van der Waals surface area contributed by atoms with Gasteiger partial charge in [0.05, 0.1) is 18.5 Å². The second-order valence-electron chi connectivity index (χ2n) is 7.14. The molecule has 0 aromatic heterocycles. The van der Waals surface area contributed by atoms with Crippen LogP contribution in [0.1, 0.15) is 30.9 Å². The topological polar surface area (TPSA) is 75.7 Å². The average molecular weight is 388 g/mol. The first-order chi connectivity index (χ1) is 12.6. The van der Waals surface area contributed by atoms with Gasteiger partial charge in [0.15, 0.2) is 6.10 Å². The summed E-state index contributed by atoms with van der Waals surface area (Å²) < 4.78 is 31.5. The number of aryl methyl sites for hydroxylation is 1. The number of carbonyl (C=O) groups excluding carboxylic acids is 1. The lowest BCUT2D eigenvalue weighted by Crippen LogP contribution is -2.48. The smallest absolute Gasteiger partial charge is 0.267 e. The SMILES string of the molecule is Cc1ccc2c(c1)N(S(C)(=O)=O)C[C@@H](C(=O)Nc1ccc(C(C)C)cc1)O2. The van der Waals surface area contributed by atoms with Gasteiger partial charge in [-0.05, 0) is 48.2 Å². The zero-order valence-corrected chi connectivity index (χ0v) is 16.7. The lowest BCUT2D eigenvalue weighted by Gasteiger charge is -2.34. The van der Waals surface area contributed by atoms with Crippen molar-refractivity contribution in [3.63, 3.8) is 0 Å². The number of nitrogens with zero attached hydrogens (tertiary/aromatic N) is 1. The standard InChI is InChI=1S/C20H24N2O4S/c1-13(2)15-6-8-16(9-7-15)21-20(23)19-12-22(27(4,24)25)17-11-14(3)5-10-18(17)26-19/h5-11,13,19H,12H2,1-4H3,(H,21,23)/t19-/m0/s1. The molecule has 0 saturated heterocycles. The fraction of sp³-hybridized carbons (Fsp3) is 0.350. The van der Waals surface area contributed by atoms with Gasteiger partial charge in [-0.2, -0.15) is 0 Å². The molecule has 1 atom stereocenters. The Labute approximate surface area is 160 Å². The molecule has 0 bridgehead atoms. The Morgan fingerprint density at radius 1 is 1.19 bits per heavy atom. The van der Waals surface area contributed by atoms with Crippen molar-refractivity contribution in [2.75, 3.05) is 22.4 Å². The van der Waals surface area contributed by atoms with Crippen LogP contribution in [-0.2, 0) is 14.8 Å². The number of hydrogen-bond donors (Lipinski definition) is 1. The van der Waals surface area contributed by atoms with Crippen molar-refractivity contribution < 1.29 is 17.9 Å². The van der Waals surface area contributed by atoms with Crippen molar-refractivity contribution in [2.45, 2.75) is 32.8 Å². The van der Waals surface area contributed by atoms with Gasteiger partial charge in [0.1, 0.15) is 5.75 Å². The quantitative estimate of drug-likeness (QED) is 0.872. The molecule has 0 saturated carbocycles. The van der Waals surface area contributed by atoms with Crippen LogP contribution in [0.2, 0.25) is 0 Å². The molecule has 1 aliphatic rings. The Hall–Kier alpha value is -2.54. The first kappa shape index (κ1) is 19.2. The molecule has 27 heavy (non-hydrogen) atoms. The number of nitrogens with one attached hydrogen (secondary N) is 1. The van der Waals surface area contributed by atoms with E-state index in [-0.39, 0.29) is 12.5 Å². The van der Waals surface area contributed by atoms with Crippen molar-refractivity contribution in [1.29, 1.82) is 0 Å². The molecule has 6 nitrogen and oxygen atoms in total. The number of hydrogen-bond acceptors (Lipinski definition) is 4. The Bertz CT molecular complexity index is 952. The van der Waals surface area contributed by atoms with Crippen LogP contribution in [0.3, 0.4) is 0 Å². The first-order valence-corrected chi connectivity index (χ1v) is 10.7. The third-order valence-electron chi connectivity index (χ3n) is 4.52. The van der Waals surface area contributed by atoms with Gasteiger partial charge in [0, 0.05) is 5.69 Å². The lowest BCUT2D eigenvalue weighted by molar-refractivity contribution is -0.122. The highest BCUT2D eigenvalue weighted by Crippen LogP contribution is 2.36. The van der Waals surface area contributed by atoms with Crippen molar-refractivity contribution in [3.05, 3.63) is 53.6 Å². The number of sulfonamides is 1. The summed E-state index contributed by atoms with van der Waals surface area (Å²) in [6.45, 7) is 6.01. The van der Waals surface area contributed by atoms with Crippen LogP contribution in [-0.4, -0.2) is 33.2 Å². The molecular formula is C20H24N2O4S. The summed E-state index contributed by atoms with van der Waals surface area (Å²) in [4.78, 5) is 12.7. The van der Waals surface area contributed by atoms with Crippen molar-refractivity contribution in [2.24, 2.45) is 0 Å². The number of anilines is 2. The number of amides is 1. The van der Waals surface area contributed by atoms with E-state index in [9.17, 15) is 13.2 Å². The minimum atomic E-state index is -3.54. The molecular weight excluding hydrogens is 364 g/mol. The fourth-order valence-corrected chi connectivity index (χ4v) is 3.89. The summed E-state index contributed by atoms with van der Waals surface area (Å²) in [5.74, 6) is 0.402. The normalized spacial score (nSPS) is 16.6. The highest BCUT2D eigenvalue weighted by molar-refractivity contribution is 7.92. The molecule has 1 amide bonds. The first-order valence-electron chi connectivity index (χ1n) is 8.81. The van der Waals surface area contributed by atoms with E-state index < -0.39 is 16.1 Å². The van der Waals surface area contributed by atoms with Gasteiger partial charge >= 0.3 is 0 Å². The molecule has 7 heteroatoms. The van der Waals surface area contributed by atoms with Crippen LogP contribution in [0.5, 0.6) is 5.75 Å². The van der Waals surface area contributed by atoms with Gasteiger partial charge < -0.3 is 10.1 Å². The van der Waals surface area contributed by atoms with Crippen LogP contribution in [0.15, 0.2) is 42.5 Å². The Morgan fingerprint density at radius 3 is 2.44 bits per heavy atom. The van der Waals surface area contributed by atoms with Crippen molar-refractivity contribution >= 4 is 27.3 Å². The van der Waals surface area contributed by atoms with Crippen LogP contribution >= 0.6 is 0 Å². The molecule has 1 aliphatic heterocycles. The zero-order chi connectivity index (χ0) is 19.8. The maximum Gasteiger partial charge on any atom is 0.267 e.